The van der Waals surface area contributed by atoms with E-state index in [0.717, 1.165) is 12.3 Å². The standard InChI is InChI=1S/C22H24N2O9S/c1-24(2)16-10-7-8-6-9-12(34(3,32)33)5-4-11(25)14(9)17(26)13(8)19(28)22(10,31)20(29)15(18(16)27)21(23)30/h4-5,8,10,16,25-26,29,31H,6-7H2,1-3H3,(H2,23,30). The van der Waals surface area contributed by atoms with Gasteiger partial charge in [-0.2, -0.15) is 0 Å². The van der Waals surface area contributed by atoms with E-state index in [1.54, 1.807) is 0 Å². The molecule has 12 heteroatoms. The van der Waals surface area contributed by atoms with E-state index < -0.39 is 73.6 Å². The van der Waals surface area contributed by atoms with Crippen LogP contribution in [0.4, 0.5) is 0 Å². The zero-order chi connectivity index (χ0) is 25.5. The number of aromatic hydroxyl groups is 1. The molecule has 4 atom stereocenters. The summed E-state index contributed by atoms with van der Waals surface area (Å²) in [6, 6.07) is 1.06. The monoisotopic (exact) mass is 492 g/mol. The highest BCUT2D eigenvalue weighted by Crippen LogP contribution is 2.53. The molecule has 0 radical (unpaired) electrons. The number of aliphatic hydroxyl groups is 3. The lowest BCUT2D eigenvalue weighted by molar-refractivity contribution is -0.153. The fourth-order valence-corrected chi connectivity index (χ4v) is 6.51. The summed E-state index contributed by atoms with van der Waals surface area (Å²) >= 11 is 0. The second kappa shape index (κ2) is 7.39. The van der Waals surface area contributed by atoms with Crippen LogP contribution in [0.15, 0.2) is 33.9 Å². The van der Waals surface area contributed by atoms with Crippen molar-refractivity contribution in [3.05, 3.63) is 40.2 Å². The van der Waals surface area contributed by atoms with E-state index in [4.69, 9.17) is 5.73 Å². The van der Waals surface area contributed by atoms with Crippen LogP contribution >= 0.6 is 0 Å². The SMILES string of the molecule is CN(C)C1C(=O)C(C(N)=O)=C(O)C2(O)C(=O)C3=C(O)c4c(O)ccc(S(C)(=O)=O)c4CC3CC12. The molecule has 3 aliphatic rings. The number of hydrogen-bond acceptors (Lipinski definition) is 10. The number of aliphatic hydroxyl groups excluding tert-OH is 2. The van der Waals surface area contributed by atoms with Crippen molar-refractivity contribution in [2.75, 3.05) is 20.4 Å². The Kier molecular flexibility index (Phi) is 5.20. The van der Waals surface area contributed by atoms with Crippen molar-refractivity contribution < 1.29 is 43.2 Å². The molecule has 1 fully saturated rings. The minimum absolute atomic E-state index is 0.0919. The molecule has 0 aliphatic heterocycles. The Balaban J connectivity index is 2.02. The summed E-state index contributed by atoms with van der Waals surface area (Å²) in [4.78, 5) is 39.9. The molecule has 182 valence electrons. The van der Waals surface area contributed by atoms with Crippen molar-refractivity contribution >= 4 is 33.1 Å². The van der Waals surface area contributed by atoms with E-state index in [1.165, 1.54) is 25.1 Å². The second-order valence-electron chi connectivity index (χ2n) is 9.17. The lowest BCUT2D eigenvalue weighted by atomic mass is 9.57. The lowest BCUT2D eigenvalue weighted by Gasteiger charge is -2.50. The van der Waals surface area contributed by atoms with Crippen LogP contribution in [0.2, 0.25) is 0 Å². The van der Waals surface area contributed by atoms with E-state index in [2.05, 4.69) is 0 Å². The molecule has 0 heterocycles. The van der Waals surface area contributed by atoms with E-state index >= 15 is 0 Å². The molecule has 34 heavy (non-hydrogen) atoms. The summed E-state index contributed by atoms with van der Waals surface area (Å²) in [5, 5.41) is 43.6. The van der Waals surface area contributed by atoms with Crippen molar-refractivity contribution in [3.8, 4) is 5.75 Å². The molecule has 1 amide bonds. The molecular formula is C22H24N2O9S. The van der Waals surface area contributed by atoms with Crippen LogP contribution in [-0.4, -0.2) is 83.2 Å². The van der Waals surface area contributed by atoms with Gasteiger partial charge in [-0.25, -0.2) is 8.42 Å². The highest BCUT2D eigenvalue weighted by molar-refractivity contribution is 7.90. The van der Waals surface area contributed by atoms with E-state index in [1.807, 2.05) is 0 Å². The lowest BCUT2D eigenvalue weighted by Crippen LogP contribution is -2.65. The van der Waals surface area contributed by atoms with Crippen LogP contribution in [0.3, 0.4) is 0 Å². The third-order valence-corrected chi connectivity index (χ3v) is 8.14. The van der Waals surface area contributed by atoms with Gasteiger partial charge in [0.15, 0.2) is 21.2 Å². The number of amides is 1. The molecule has 1 aromatic carbocycles. The number of fused-ring (bicyclic) bond motifs is 3. The maximum Gasteiger partial charge on any atom is 0.255 e. The molecule has 0 aromatic heterocycles. The molecule has 1 saturated carbocycles. The van der Waals surface area contributed by atoms with Crippen molar-refractivity contribution in [2.45, 2.75) is 29.4 Å². The van der Waals surface area contributed by atoms with E-state index in [9.17, 15) is 43.2 Å². The molecular weight excluding hydrogens is 468 g/mol. The Bertz CT molecular complexity index is 1340. The van der Waals surface area contributed by atoms with Gasteiger partial charge in [-0.15, -0.1) is 0 Å². The summed E-state index contributed by atoms with van der Waals surface area (Å²) in [6.07, 6.45) is 0.757. The number of phenolic OH excluding ortho intramolecular Hbond substituents is 1. The van der Waals surface area contributed by atoms with Gasteiger partial charge in [0.2, 0.25) is 5.78 Å². The van der Waals surface area contributed by atoms with Gasteiger partial charge in [0.05, 0.1) is 16.5 Å². The van der Waals surface area contributed by atoms with Gasteiger partial charge in [-0.05, 0) is 50.6 Å². The molecule has 11 nitrogen and oxygen atoms in total. The molecule has 3 aliphatic carbocycles. The van der Waals surface area contributed by atoms with Gasteiger partial charge < -0.3 is 26.2 Å². The Morgan fingerprint density at radius 1 is 1.18 bits per heavy atom. The number of Topliss-reactive ketones (excluding diaryl/α,β-unsaturated/α-hetero) is 2. The van der Waals surface area contributed by atoms with Gasteiger partial charge in [-0.1, -0.05) is 0 Å². The third-order valence-electron chi connectivity index (χ3n) is 6.96. The fraction of sp³-hybridized carbons (Fsp3) is 0.409. The average Bonchev–Trinajstić information content (AvgIpc) is 2.69. The first-order valence-electron chi connectivity index (χ1n) is 10.3. The van der Waals surface area contributed by atoms with Gasteiger partial charge in [0.25, 0.3) is 5.91 Å². The van der Waals surface area contributed by atoms with E-state index in [0.29, 0.717) is 0 Å². The maximum atomic E-state index is 13.6. The minimum Gasteiger partial charge on any atom is -0.508 e. The van der Waals surface area contributed by atoms with Gasteiger partial charge >= 0.3 is 0 Å². The number of phenols is 1. The number of nitrogens with two attached hydrogens (primary N) is 1. The average molecular weight is 493 g/mol. The topological polar surface area (TPSA) is 196 Å². The number of nitrogens with zero attached hydrogens (tertiary/aromatic N) is 1. The normalized spacial score (nSPS) is 29.1. The van der Waals surface area contributed by atoms with Crippen LogP contribution < -0.4 is 5.73 Å². The molecule has 0 bridgehead atoms. The summed E-state index contributed by atoms with van der Waals surface area (Å²) in [5.74, 6) is -7.81. The summed E-state index contributed by atoms with van der Waals surface area (Å²) in [6.45, 7) is 0. The Labute approximate surface area is 194 Å². The molecule has 0 spiro atoms. The van der Waals surface area contributed by atoms with Crippen molar-refractivity contribution in [1.29, 1.82) is 0 Å². The zero-order valence-corrected chi connectivity index (χ0v) is 19.4. The number of carbonyl (C=O) groups excluding carboxylic acids is 3. The Morgan fingerprint density at radius 3 is 2.32 bits per heavy atom. The number of benzene rings is 1. The number of hydrogen-bond donors (Lipinski definition) is 5. The largest absolute Gasteiger partial charge is 0.508 e. The number of rotatable bonds is 3. The summed E-state index contributed by atoms with van der Waals surface area (Å²) < 4.78 is 24.7. The number of ketones is 2. The first kappa shape index (κ1) is 23.9. The predicted octanol–water partition coefficient (Wildman–Crippen LogP) is -0.632. The summed E-state index contributed by atoms with van der Waals surface area (Å²) in [7, 11) is -0.784. The Hall–Kier alpha value is -3.22. The molecule has 6 N–H and O–H groups in total. The van der Waals surface area contributed by atoms with Crippen molar-refractivity contribution in [2.24, 2.45) is 17.6 Å². The number of likely N-dealkylation sites (N-methyl/N-ethyl adjacent to an activating group) is 1. The highest BCUT2D eigenvalue weighted by Gasteiger charge is 2.64. The Morgan fingerprint density at radius 2 is 1.79 bits per heavy atom. The highest BCUT2D eigenvalue weighted by atomic mass is 32.2. The van der Waals surface area contributed by atoms with Gasteiger partial charge in [0.1, 0.15) is 22.8 Å². The summed E-state index contributed by atoms with van der Waals surface area (Å²) in [5.41, 5.74) is 1.13. The van der Waals surface area contributed by atoms with Crippen LogP contribution in [0.1, 0.15) is 17.5 Å². The number of primary amides is 1. The van der Waals surface area contributed by atoms with Crippen LogP contribution in [-0.2, 0) is 30.6 Å². The minimum atomic E-state index is -3.77. The van der Waals surface area contributed by atoms with Crippen LogP contribution in [0.5, 0.6) is 5.75 Å². The second-order valence-corrected chi connectivity index (χ2v) is 11.2. The molecule has 4 unspecified atom stereocenters. The maximum absolute atomic E-state index is 13.6. The van der Waals surface area contributed by atoms with Gasteiger partial charge in [0, 0.05) is 17.7 Å². The third kappa shape index (κ3) is 3.02. The van der Waals surface area contributed by atoms with Gasteiger partial charge in [-0.3, -0.25) is 19.3 Å². The van der Waals surface area contributed by atoms with Crippen molar-refractivity contribution in [1.82, 2.24) is 4.90 Å². The first-order valence-corrected chi connectivity index (χ1v) is 12.2. The molecule has 4 rings (SSSR count). The number of carbonyl (C=O) groups is 3. The smallest absolute Gasteiger partial charge is 0.255 e. The zero-order valence-electron chi connectivity index (χ0n) is 18.6. The molecule has 0 saturated heterocycles. The number of sulfone groups is 1. The van der Waals surface area contributed by atoms with E-state index in [-0.39, 0.29) is 34.4 Å². The van der Waals surface area contributed by atoms with Crippen molar-refractivity contribution in [3.63, 3.8) is 0 Å². The fourth-order valence-electron chi connectivity index (χ4n) is 5.56. The van der Waals surface area contributed by atoms with Crippen LogP contribution in [0.25, 0.3) is 5.76 Å². The quantitative estimate of drug-likeness (QED) is 0.339. The molecule has 1 aromatic rings. The van der Waals surface area contributed by atoms with Crippen LogP contribution in [0, 0.1) is 11.8 Å². The first-order chi connectivity index (χ1) is 15.6. The predicted molar refractivity (Wildman–Crippen MR) is 117 cm³/mol.